The van der Waals surface area contributed by atoms with Crippen LogP contribution in [-0.4, -0.2) is 51.0 Å². The van der Waals surface area contributed by atoms with E-state index in [4.69, 9.17) is 5.21 Å². The van der Waals surface area contributed by atoms with Crippen LogP contribution in [-0.2, 0) is 16.0 Å². The van der Waals surface area contributed by atoms with Gasteiger partial charge in [-0.3, -0.25) is 19.8 Å². The number of rotatable bonds is 6. The highest BCUT2D eigenvalue weighted by Crippen LogP contribution is 2.16. The Bertz CT molecular complexity index is 830. The Kier molecular flexibility index (Phi) is 8.57. The van der Waals surface area contributed by atoms with E-state index in [1.165, 1.54) is 17.8 Å². The molecule has 1 fully saturated rings. The van der Waals surface area contributed by atoms with Gasteiger partial charge in [-0.25, -0.2) is 10.5 Å². The molecule has 2 amide bonds. The highest BCUT2D eigenvalue weighted by Gasteiger charge is 2.23. The Morgan fingerprint density at radius 1 is 1.21 bits per heavy atom. The van der Waals surface area contributed by atoms with Crippen molar-refractivity contribution in [3.05, 3.63) is 60.1 Å². The quantitative estimate of drug-likeness (QED) is 0.377. The van der Waals surface area contributed by atoms with Crippen molar-refractivity contribution in [1.29, 1.82) is 0 Å². The fourth-order valence-corrected chi connectivity index (χ4v) is 3.11. The maximum absolute atomic E-state index is 12.6. The van der Waals surface area contributed by atoms with Crippen molar-refractivity contribution < 1.29 is 14.8 Å². The maximum atomic E-state index is 12.6. The van der Waals surface area contributed by atoms with Gasteiger partial charge in [0, 0.05) is 25.2 Å². The predicted octanol–water partition coefficient (Wildman–Crippen LogP) is 2.06. The van der Waals surface area contributed by atoms with Crippen molar-refractivity contribution in [2.24, 2.45) is 0 Å². The summed E-state index contributed by atoms with van der Waals surface area (Å²) in [5.74, 6) is 0.115. The zero-order valence-electron chi connectivity index (χ0n) is 15.8. The fraction of sp³-hybridized carbons (Fsp3) is 0.300. The van der Waals surface area contributed by atoms with Crippen molar-refractivity contribution >= 4 is 36.1 Å². The number of nitrogens with one attached hydrogen (secondary N) is 2. The average Bonchev–Trinajstić information content (AvgIpc) is 2.74. The summed E-state index contributed by atoms with van der Waals surface area (Å²) in [5, 5.41) is 11.8. The summed E-state index contributed by atoms with van der Waals surface area (Å²) in [6.07, 6.45) is 8.03. The van der Waals surface area contributed by atoms with Crippen molar-refractivity contribution in [2.75, 3.05) is 18.4 Å². The highest BCUT2D eigenvalue weighted by molar-refractivity contribution is 5.90. The molecule has 3 rings (SSSR count). The van der Waals surface area contributed by atoms with E-state index in [0.717, 1.165) is 31.0 Å². The van der Waals surface area contributed by atoms with Crippen LogP contribution < -0.4 is 10.8 Å². The Morgan fingerprint density at radius 3 is 2.69 bits per heavy atom. The molecule has 9 heteroatoms. The first-order valence-corrected chi connectivity index (χ1v) is 9.16. The number of carbonyl (C=O) groups is 2. The molecular weight excluding hydrogens is 394 g/mol. The molecule has 8 nitrogen and oxygen atoms in total. The molecule has 1 saturated heterocycles. The van der Waals surface area contributed by atoms with Gasteiger partial charge < -0.3 is 10.2 Å². The molecule has 1 atom stereocenters. The number of aromatic nitrogens is 2. The van der Waals surface area contributed by atoms with Gasteiger partial charge in [0.1, 0.15) is 5.82 Å². The molecule has 2 aromatic rings. The van der Waals surface area contributed by atoms with E-state index in [1.54, 1.807) is 6.20 Å². The first kappa shape index (κ1) is 22.3. The van der Waals surface area contributed by atoms with Gasteiger partial charge in [-0.2, -0.15) is 0 Å². The number of nitrogens with zero attached hydrogens (tertiary/aromatic N) is 3. The topological polar surface area (TPSA) is 107 Å². The first-order chi connectivity index (χ1) is 13.6. The third kappa shape index (κ3) is 6.85. The predicted molar refractivity (Wildman–Crippen MR) is 112 cm³/mol. The third-order valence-corrected chi connectivity index (χ3v) is 4.51. The molecule has 3 N–H and O–H groups in total. The largest absolute Gasteiger partial charge is 0.364 e. The number of carbonyl (C=O) groups excluding carboxylic acids is 2. The van der Waals surface area contributed by atoms with E-state index in [9.17, 15) is 9.59 Å². The fourth-order valence-electron chi connectivity index (χ4n) is 3.11. The van der Waals surface area contributed by atoms with Crippen LogP contribution >= 0.6 is 12.4 Å². The molecule has 0 aliphatic carbocycles. The molecule has 1 aliphatic rings. The second-order valence-corrected chi connectivity index (χ2v) is 6.62. The Hall–Kier alpha value is -2.97. The van der Waals surface area contributed by atoms with Crippen LogP contribution in [0.5, 0.6) is 0 Å². The molecule has 0 spiro atoms. The minimum atomic E-state index is -0.633. The zero-order chi connectivity index (χ0) is 19.8. The Balaban J connectivity index is 0.00000300. The summed E-state index contributed by atoms with van der Waals surface area (Å²) >= 11 is 0. The lowest BCUT2D eigenvalue weighted by atomic mass is 10.0. The summed E-state index contributed by atoms with van der Waals surface area (Å²) in [6, 6.07) is 9.87. The number of likely N-dealkylation sites (tertiary alicyclic amines) is 1. The van der Waals surface area contributed by atoms with Gasteiger partial charge in [0.25, 0.3) is 5.91 Å². The second-order valence-electron chi connectivity index (χ2n) is 6.62. The van der Waals surface area contributed by atoms with E-state index in [0.29, 0.717) is 24.5 Å². The van der Waals surface area contributed by atoms with E-state index in [-0.39, 0.29) is 24.4 Å². The standard InChI is InChI=1S/C20H23N5O3.ClH/c26-19(24-28)9-8-16-12-22-18(13-21-16)23-17-7-4-10-25(14-17)20(27)11-15-5-2-1-3-6-15;/h1-3,5-6,8-9,12-13,17,28H,4,7,10-11,14H2,(H,22,23)(H,24,26);1H/t17-;/m1./s1. The lowest BCUT2D eigenvalue weighted by molar-refractivity contribution is -0.131. The van der Waals surface area contributed by atoms with Crippen LogP contribution in [0.25, 0.3) is 6.08 Å². The monoisotopic (exact) mass is 417 g/mol. The molecule has 0 unspecified atom stereocenters. The summed E-state index contributed by atoms with van der Waals surface area (Å²) < 4.78 is 0. The number of amides is 2. The molecule has 0 saturated carbocycles. The summed E-state index contributed by atoms with van der Waals surface area (Å²) in [7, 11) is 0. The Labute approximate surface area is 175 Å². The molecule has 29 heavy (non-hydrogen) atoms. The molecule has 154 valence electrons. The smallest absolute Gasteiger partial charge is 0.267 e. The third-order valence-electron chi connectivity index (χ3n) is 4.51. The lowest BCUT2D eigenvalue weighted by Gasteiger charge is -2.33. The molecule has 1 aliphatic heterocycles. The molecule has 2 heterocycles. The van der Waals surface area contributed by atoms with Crippen molar-refractivity contribution in [3.8, 4) is 0 Å². The van der Waals surface area contributed by atoms with Gasteiger partial charge in [0.15, 0.2) is 0 Å². The number of piperidine rings is 1. The van der Waals surface area contributed by atoms with Crippen LogP contribution in [0.1, 0.15) is 24.1 Å². The van der Waals surface area contributed by atoms with Gasteiger partial charge in [-0.1, -0.05) is 30.3 Å². The number of halogens is 1. The van der Waals surface area contributed by atoms with Crippen molar-refractivity contribution in [1.82, 2.24) is 20.3 Å². The Morgan fingerprint density at radius 2 is 2.00 bits per heavy atom. The minimum Gasteiger partial charge on any atom is -0.364 e. The van der Waals surface area contributed by atoms with E-state index in [1.807, 2.05) is 35.2 Å². The molecule has 1 aromatic carbocycles. The van der Waals surface area contributed by atoms with E-state index in [2.05, 4.69) is 15.3 Å². The SMILES string of the molecule is Cl.O=C(C=Cc1cnc(N[C@@H]2CCCN(C(=O)Cc3ccccc3)C2)cn1)NO. The van der Waals surface area contributed by atoms with Gasteiger partial charge in [-0.15, -0.1) is 12.4 Å². The minimum absolute atomic E-state index is 0. The van der Waals surface area contributed by atoms with Crippen molar-refractivity contribution in [2.45, 2.75) is 25.3 Å². The lowest BCUT2D eigenvalue weighted by Crippen LogP contribution is -2.45. The van der Waals surface area contributed by atoms with Crippen LogP contribution in [0.15, 0.2) is 48.8 Å². The van der Waals surface area contributed by atoms with Crippen LogP contribution in [0.3, 0.4) is 0 Å². The second kappa shape index (κ2) is 11.1. The van der Waals surface area contributed by atoms with Crippen LogP contribution in [0.4, 0.5) is 5.82 Å². The van der Waals surface area contributed by atoms with E-state index < -0.39 is 5.91 Å². The maximum Gasteiger partial charge on any atom is 0.267 e. The summed E-state index contributed by atoms with van der Waals surface area (Å²) in [5.41, 5.74) is 3.03. The number of hydrogen-bond acceptors (Lipinski definition) is 6. The number of anilines is 1. The number of hydrogen-bond donors (Lipinski definition) is 3. The summed E-state index contributed by atoms with van der Waals surface area (Å²) in [6.45, 7) is 1.40. The number of hydroxylamine groups is 1. The molecule has 0 bridgehead atoms. The van der Waals surface area contributed by atoms with Crippen LogP contribution in [0.2, 0.25) is 0 Å². The first-order valence-electron chi connectivity index (χ1n) is 9.16. The molecule has 0 radical (unpaired) electrons. The summed E-state index contributed by atoms with van der Waals surface area (Å²) in [4.78, 5) is 33.9. The molecule has 1 aromatic heterocycles. The average molecular weight is 418 g/mol. The van der Waals surface area contributed by atoms with Gasteiger partial charge in [-0.05, 0) is 24.5 Å². The highest BCUT2D eigenvalue weighted by atomic mass is 35.5. The van der Waals surface area contributed by atoms with Gasteiger partial charge in [0.2, 0.25) is 5.91 Å². The van der Waals surface area contributed by atoms with Crippen molar-refractivity contribution in [3.63, 3.8) is 0 Å². The van der Waals surface area contributed by atoms with Gasteiger partial charge in [0.05, 0.1) is 24.5 Å². The molecular formula is C20H24ClN5O3. The normalized spacial score (nSPS) is 16.2. The van der Waals surface area contributed by atoms with E-state index >= 15 is 0 Å². The van der Waals surface area contributed by atoms with Gasteiger partial charge >= 0.3 is 0 Å². The zero-order valence-corrected chi connectivity index (χ0v) is 16.6. The number of benzene rings is 1. The van der Waals surface area contributed by atoms with Crippen LogP contribution in [0, 0.1) is 0 Å².